The summed E-state index contributed by atoms with van der Waals surface area (Å²) >= 11 is 6.69. The number of benzene rings is 2. The number of anilines is 2. The lowest BCUT2D eigenvalue weighted by Gasteiger charge is -2.23. The van der Waals surface area contributed by atoms with Crippen LogP contribution in [0.3, 0.4) is 0 Å². The van der Waals surface area contributed by atoms with Crippen LogP contribution in [0.2, 0.25) is 5.02 Å². The topological polar surface area (TPSA) is 112 Å². The average molecular weight is 531 g/mol. The second-order valence-corrected chi connectivity index (χ2v) is 11.3. The monoisotopic (exact) mass is 530 g/mol. The smallest absolute Gasteiger partial charge is 0.143 e. The van der Waals surface area contributed by atoms with Crippen molar-refractivity contribution in [2.45, 2.75) is 45.2 Å². The molecule has 1 atom stereocenters. The van der Waals surface area contributed by atoms with E-state index >= 15 is 0 Å². The maximum Gasteiger partial charge on any atom is 0.143 e. The molecular formula is C28H28ClFN8. The molecule has 3 aromatic rings. The number of hydrazine groups is 2. The van der Waals surface area contributed by atoms with Gasteiger partial charge < -0.3 is 16.1 Å². The van der Waals surface area contributed by atoms with Crippen LogP contribution in [-0.4, -0.2) is 22.1 Å². The predicted octanol–water partition coefficient (Wildman–Crippen LogP) is 5.73. The van der Waals surface area contributed by atoms with Crippen molar-refractivity contribution in [3.63, 3.8) is 0 Å². The number of halogens is 2. The number of rotatable bonds is 7. The molecule has 5 rings (SSSR count). The Bertz CT molecular complexity index is 1490. The first-order chi connectivity index (χ1) is 18.1. The van der Waals surface area contributed by atoms with E-state index in [4.69, 9.17) is 11.6 Å². The molecule has 4 N–H and O–H groups in total. The zero-order valence-electron chi connectivity index (χ0n) is 21.4. The Morgan fingerprint density at radius 2 is 1.95 bits per heavy atom. The van der Waals surface area contributed by atoms with Crippen LogP contribution < -0.4 is 21.6 Å². The molecule has 10 heteroatoms. The standard InChI is InChI=1S/C28H28ClFN8/c1-27(2,3)16-34-24-18(12-31)13-33-26-21(24)10-20(11-22(26)29)35-25(17-4-6-19(30)7-5-17)23-14-38(37-36-23)28(15-32)8-9-28/h4-7,10-11,13-14,25,35-37H,8-9,16H2,1-3H3,(H,33,34)/t25-/m0/s1. The number of hydrogen-bond acceptors (Lipinski definition) is 8. The van der Waals surface area contributed by atoms with E-state index < -0.39 is 11.6 Å². The Morgan fingerprint density at radius 1 is 1.21 bits per heavy atom. The molecule has 2 heterocycles. The summed E-state index contributed by atoms with van der Waals surface area (Å²) in [6.45, 7) is 6.98. The molecule has 2 aromatic carbocycles. The van der Waals surface area contributed by atoms with E-state index in [-0.39, 0.29) is 11.2 Å². The molecule has 0 saturated heterocycles. The van der Waals surface area contributed by atoms with Gasteiger partial charge in [-0.1, -0.05) is 44.5 Å². The Labute approximate surface area is 226 Å². The van der Waals surface area contributed by atoms with Crippen LogP contribution in [0.15, 0.2) is 54.5 Å². The fourth-order valence-electron chi connectivity index (χ4n) is 4.36. The van der Waals surface area contributed by atoms with Crippen LogP contribution in [-0.2, 0) is 0 Å². The number of aromatic nitrogens is 1. The Morgan fingerprint density at radius 3 is 2.58 bits per heavy atom. The molecule has 1 fully saturated rings. The number of nitrogens with zero attached hydrogens (tertiary/aromatic N) is 4. The van der Waals surface area contributed by atoms with E-state index in [2.05, 4.69) is 59.5 Å². The van der Waals surface area contributed by atoms with Crippen LogP contribution in [0.5, 0.6) is 0 Å². The van der Waals surface area contributed by atoms with E-state index in [9.17, 15) is 14.9 Å². The van der Waals surface area contributed by atoms with Gasteiger partial charge in [0.05, 0.1) is 39.6 Å². The van der Waals surface area contributed by atoms with E-state index in [1.165, 1.54) is 18.3 Å². The molecule has 1 aliphatic heterocycles. The minimum absolute atomic E-state index is 0.0164. The van der Waals surface area contributed by atoms with Crippen molar-refractivity contribution in [3.05, 3.63) is 76.5 Å². The van der Waals surface area contributed by atoms with Crippen LogP contribution in [0.25, 0.3) is 10.9 Å². The fourth-order valence-corrected chi connectivity index (χ4v) is 4.63. The van der Waals surface area contributed by atoms with Crippen LogP contribution in [0.1, 0.15) is 50.8 Å². The van der Waals surface area contributed by atoms with Crippen molar-refractivity contribution in [1.82, 2.24) is 21.0 Å². The summed E-state index contributed by atoms with van der Waals surface area (Å²) < 4.78 is 13.8. The van der Waals surface area contributed by atoms with Crippen molar-refractivity contribution < 1.29 is 4.39 Å². The van der Waals surface area contributed by atoms with Gasteiger partial charge in [0.25, 0.3) is 0 Å². The van der Waals surface area contributed by atoms with Crippen LogP contribution in [0, 0.1) is 33.9 Å². The highest BCUT2D eigenvalue weighted by Gasteiger charge is 2.50. The summed E-state index contributed by atoms with van der Waals surface area (Å²) in [6.07, 6.45) is 4.94. The first-order valence-corrected chi connectivity index (χ1v) is 12.7. The molecule has 194 valence electrons. The Hall–Kier alpha value is -4.05. The molecule has 0 radical (unpaired) electrons. The van der Waals surface area contributed by atoms with E-state index in [0.29, 0.717) is 34.0 Å². The summed E-state index contributed by atoms with van der Waals surface area (Å²) in [6, 6.07) is 14.1. The minimum atomic E-state index is -0.568. The third-order valence-corrected chi connectivity index (χ3v) is 6.94. The second-order valence-electron chi connectivity index (χ2n) is 10.9. The number of pyridine rings is 1. The maximum atomic E-state index is 13.8. The molecule has 0 spiro atoms. The fraction of sp³-hybridized carbons (Fsp3) is 0.321. The lowest BCUT2D eigenvalue weighted by atomic mass is 9.96. The molecule has 1 saturated carbocycles. The van der Waals surface area contributed by atoms with Crippen molar-refractivity contribution in [2.75, 3.05) is 17.2 Å². The molecular weight excluding hydrogens is 503 g/mol. The van der Waals surface area contributed by atoms with Gasteiger partial charge in [0.15, 0.2) is 0 Å². The van der Waals surface area contributed by atoms with E-state index in [1.54, 1.807) is 23.2 Å². The zero-order chi connectivity index (χ0) is 27.1. The van der Waals surface area contributed by atoms with Crippen molar-refractivity contribution in [3.8, 4) is 12.1 Å². The normalized spacial score (nSPS) is 16.7. The summed E-state index contributed by atoms with van der Waals surface area (Å²) in [5.74, 6) is -0.333. The predicted molar refractivity (Wildman–Crippen MR) is 146 cm³/mol. The third kappa shape index (κ3) is 5.04. The van der Waals surface area contributed by atoms with Crippen LogP contribution in [0.4, 0.5) is 15.8 Å². The maximum absolute atomic E-state index is 13.8. The molecule has 1 aliphatic carbocycles. The SMILES string of the molecule is CC(C)(C)CNc1c(C#N)cnc2c(Cl)cc(N[C@H](C3=CN(C4(C#N)CC4)NN3)c3ccc(F)cc3)cc12. The van der Waals surface area contributed by atoms with Gasteiger partial charge in [0, 0.05) is 30.0 Å². The van der Waals surface area contributed by atoms with Crippen molar-refractivity contribution in [1.29, 1.82) is 10.5 Å². The van der Waals surface area contributed by atoms with Crippen molar-refractivity contribution >= 4 is 33.9 Å². The lowest BCUT2D eigenvalue weighted by Crippen LogP contribution is -2.44. The van der Waals surface area contributed by atoms with Gasteiger partial charge in [-0.05, 0) is 48.1 Å². The first-order valence-electron chi connectivity index (χ1n) is 12.3. The molecule has 2 aliphatic rings. The highest BCUT2D eigenvalue weighted by atomic mass is 35.5. The Balaban J connectivity index is 1.56. The summed E-state index contributed by atoms with van der Waals surface area (Å²) in [5, 5.41) is 29.3. The second kappa shape index (κ2) is 9.68. The van der Waals surface area contributed by atoms with Gasteiger partial charge in [-0.3, -0.25) is 9.99 Å². The summed E-state index contributed by atoms with van der Waals surface area (Å²) in [4.78, 5) is 4.44. The van der Waals surface area contributed by atoms with Gasteiger partial charge in [0.1, 0.15) is 17.4 Å². The molecule has 0 unspecified atom stereocenters. The number of fused-ring (bicyclic) bond motifs is 1. The summed E-state index contributed by atoms with van der Waals surface area (Å²) in [5.41, 5.74) is 9.60. The largest absolute Gasteiger partial charge is 0.383 e. The highest BCUT2D eigenvalue weighted by Crippen LogP contribution is 2.42. The first kappa shape index (κ1) is 25.6. The quantitative estimate of drug-likeness (QED) is 0.306. The molecule has 38 heavy (non-hydrogen) atoms. The molecule has 1 aromatic heterocycles. The summed E-state index contributed by atoms with van der Waals surface area (Å²) in [7, 11) is 0. The van der Waals surface area contributed by atoms with Gasteiger partial charge in [-0.25, -0.2) is 4.39 Å². The Kier molecular flexibility index (Phi) is 6.52. The third-order valence-electron chi connectivity index (χ3n) is 6.65. The van der Waals surface area contributed by atoms with Gasteiger partial charge in [-0.15, -0.1) is 5.53 Å². The van der Waals surface area contributed by atoms with Gasteiger partial charge in [0.2, 0.25) is 0 Å². The molecule has 0 bridgehead atoms. The van der Waals surface area contributed by atoms with Crippen LogP contribution >= 0.6 is 11.6 Å². The van der Waals surface area contributed by atoms with Gasteiger partial charge in [-0.2, -0.15) is 10.5 Å². The zero-order valence-corrected chi connectivity index (χ0v) is 22.1. The number of nitriles is 2. The van der Waals surface area contributed by atoms with E-state index in [1.807, 2.05) is 12.3 Å². The number of hydrogen-bond donors (Lipinski definition) is 4. The number of nitrogens with one attached hydrogen (secondary N) is 4. The van der Waals surface area contributed by atoms with Crippen molar-refractivity contribution in [2.24, 2.45) is 5.41 Å². The highest BCUT2D eigenvalue weighted by molar-refractivity contribution is 6.35. The average Bonchev–Trinajstić information content (AvgIpc) is 3.53. The molecule has 0 amide bonds. The lowest BCUT2D eigenvalue weighted by molar-refractivity contribution is 0.217. The molecule has 8 nitrogen and oxygen atoms in total. The minimum Gasteiger partial charge on any atom is -0.383 e. The van der Waals surface area contributed by atoms with Gasteiger partial charge >= 0.3 is 0 Å². The van der Waals surface area contributed by atoms with E-state index in [0.717, 1.165) is 29.5 Å².